The highest BCUT2D eigenvalue weighted by Crippen LogP contribution is 2.47. The number of esters is 1. The summed E-state index contributed by atoms with van der Waals surface area (Å²) in [4.78, 5) is 49.1. The highest BCUT2D eigenvalue weighted by Gasteiger charge is 2.55. The molecule has 0 aliphatic rings. The quantitative estimate of drug-likeness (QED) is 0.174. The standard InChI is InChI=1S/C5H9N2O7P/c1-14-4(10)5(6-2-8,7-3-9)15(11,12)13/h2-3H,1H3,(H,6,8)(H,7,9)(H2,11,12,13). The fourth-order valence-corrected chi connectivity index (χ4v) is 1.54. The van der Waals surface area contributed by atoms with Crippen molar-refractivity contribution in [3.8, 4) is 0 Å². The molecule has 0 rings (SSSR count). The molecule has 0 bridgehead atoms. The molecule has 0 saturated carbocycles. The Balaban J connectivity index is 5.45. The first kappa shape index (κ1) is 13.6. The molecule has 10 heteroatoms. The van der Waals surface area contributed by atoms with Crippen LogP contribution < -0.4 is 10.6 Å². The van der Waals surface area contributed by atoms with Crippen molar-refractivity contribution in [1.82, 2.24) is 10.6 Å². The second-order valence-corrected chi connectivity index (χ2v) is 4.03. The summed E-state index contributed by atoms with van der Waals surface area (Å²) in [6.07, 6.45) is -0.293. The van der Waals surface area contributed by atoms with Crippen LogP contribution in [0, 0.1) is 0 Å². The second-order valence-electron chi connectivity index (χ2n) is 2.27. The van der Waals surface area contributed by atoms with Crippen molar-refractivity contribution in [2.75, 3.05) is 7.11 Å². The van der Waals surface area contributed by atoms with E-state index in [1.54, 1.807) is 0 Å². The third-order valence-corrected chi connectivity index (χ3v) is 2.77. The summed E-state index contributed by atoms with van der Waals surface area (Å²) in [5, 5.41) is 0.171. The van der Waals surface area contributed by atoms with Gasteiger partial charge in [0.1, 0.15) is 0 Å². The fraction of sp³-hybridized carbons (Fsp3) is 0.400. The molecule has 0 atom stereocenters. The van der Waals surface area contributed by atoms with Crippen LogP contribution in [0.15, 0.2) is 0 Å². The summed E-state index contributed by atoms with van der Waals surface area (Å²) in [7, 11) is -4.33. The Labute approximate surface area is 83.9 Å². The number of methoxy groups -OCH3 is 1. The van der Waals surface area contributed by atoms with Crippen LogP contribution in [0.1, 0.15) is 0 Å². The molecule has 0 heterocycles. The van der Waals surface area contributed by atoms with E-state index in [-0.39, 0.29) is 12.8 Å². The molecule has 0 saturated heterocycles. The molecule has 4 N–H and O–H groups in total. The molecule has 0 aliphatic heterocycles. The molecule has 0 radical (unpaired) electrons. The van der Waals surface area contributed by atoms with Gasteiger partial charge in [-0.3, -0.25) is 14.2 Å². The Morgan fingerprint density at radius 2 is 1.73 bits per heavy atom. The molecule has 9 nitrogen and oxygen atoms in total. The van der Waals surface area contributed by atoms with E-state index in [0.717, 1.165) is 7.11 Å². The molecule has 0 aromatic rings. The van der Waals surface area contributed by atoms with Crippen molar-refractivity contribution in [2.45, 2.75) is 5.40 Å². The van der Waals surface area contributed by atoms with E-state index in [0.29, 0.717) is 0 Å². The first-order chi connectivity index (χ1) is 6.85. The molecule has 86 valence electrons. The van der Waals surface area contributed by atoms with Crippen LogP contribution in [0.5, 0.6) is 0 Å². The Kier molecular flexibility index (Phi) is 4.40. The topological polar surface area (TPSA) is 142 Å². The van der Waals surface area contributed by atoms with Crippen LogP contribution >= 0.6 is 7.60 Å². The lowest BCUT2D eigenvalue weighted by Gasteiger charge is -2.29. The van der Waals surface area contributed by atoms with Gasteiger partial charge in [0.15, 0.2) is 0 Å². The van der Waals surface area contributed by atoms with Gasteiger partial charge in [-0.05, 0) is 0 Å². The van der Waals surface area contributed by atoms with Gasteiger partial charge in [0.25, 0.3) is 0 Å². The predicted molar refractivity (Wildman–Crippen MR) is 45.2 cm³/mol. The van der Waals surface area contributed by atoms with Crippen LogP contribution in [0.25, 0.3) is 0 Å². The second kappa shape index (κ2) is 4.87. The number of ether oxygens (including phenoxy) is 1. The van der Waals surface area contributed by atoms with Gasteiger partial charge in [-0.15, -0.1) is 0 Å². The molecule has 15 heavy (non-hydrogen) atoms. The van der Waals surface area contributed by atoms with Gasteiger partial charge < -0.3 is 25.2 Å². The van der Waals surface area contributed by atoms with Crippen molar-refractivity contribution < 1.29 is 33.5 Å². The van der Waals surface area contributed by atoms with Crippen LogP contribution in [0.2, 0.25) is 0 Å². The molecule has 2 amide bonds. The molecule has 0 fully saturated rings. The number of hydrogen-bond acceptors (Lipinski definition) is 5. The average molecular weight is 240 g/mol. The number of rotatable bonds is 6. The first-order valence-electron chi connectivity index (χ1n) is 3.42. The van der Waals surface area contributed by atoms with Gasteiger partial charge in [0.05, 0.1) is 7.11 Å². The SMILES string of the molecule is COC(=O)C(NC=O)(NC=O)P(=O)(O)O. The molecule has 0 unspecified atom stereocenters. The summed E-state index contributed by atoms with van der Waals surface area (Å²) in [6, 6.07) is 0. The van der Waals surface area contributed by atoms with E-state index in [2.05, 4.69) is 4.74 Å². The maximum atomic E-state index is 11.1. The summed E-state index contributed by atoms with van der Waals surface area (Å²) < 4.78 is 15.1. The third kappa shape index (κ3) is 2.52. The van der Waals surface area contributed by atoms with Crippen molar-refractivity contribution in [2.24, 2.45) is 0 Å². The number of hydrogen-bond donors (Lipinski definition) is 4. The number of carbonyl (C=O) groups excluding carboxylic acids is 3. The van der Waals surface area contributed by atoms with Crippen molar-refractivity contribution in [1.29, 1.82) is 0 Å². The fourth-order valence-electron chi connectivity index (χ4n) is 0.765. The molecule has 0 aliphatic carbocycles. The lowest BCUT2D eigenvalue weighted by atomic mass is 10.5. The van der Waals surface area contributed by atoms with Gasteiger partial charge in [-0.1, -0.05) is 0 Å². The highest BCUT2D eigenvalue weighted by molar-refractivity contribution is 7.54. The first-order valence-corrected chi connectivity index (χ1v) is 5.03. The van der Waals surface area contributed by atoms with E-state index in [1.807, 2.05) is 0 Å². The Hall–Kier alpha value is -1.44. The minimum absolute atomic E-state index is 0.146. The monoisotopic (exact) mass is 240 g/mol. The average Bonchev–Trinajstić information content (AvgIpc) is 2.14. The van der Waals surface area contributed by atoms with Crippen LogP contribution in [-0.2, 0) is 23.7 Å². The van der Waals surface area contributed by atoms with E-state index >= 15 is 0 Å². The molecular formula is C5H9N2O7P. The van der Waals surface area contributed by atoms with Crippen molar-refractivity contribution in [3.05, 3.63) is 0 Å². The Morgan fingerprint density at radius 1 is 1.33 bits per heavy atom. The van der Waals surface area contributed by atoms with Crippen molar-refractivity contribution >= 4 is 26.4 Å². The minimum Gasteiger partial charge on any atom is -0.465 e. The molecular weight excluding hydrogens is 231 g/mol. The van der Waals surface area contributed by atoms with E-state index < -0.39 is 19.0 Å². The van der Waals surface area contributed by atoms with Gasteiger partial charge >= 0.3 is 19.0 Å². The summed E-state index contributed by atoms with van der Waals surface area (Å²) >= 11 is 0. The summed E-state index contributed by atoms with van der Waals surface area (Å²) in [5.41, 5.74) is 0. The largest absolute Gasteiger partial charge is 0.465 e. The van der Waals surface area contributed by atoms with E-state index in [9.17, 15) is 18.9 Å². The number of amides is 2. The Bertz CT molecular complexity index is 301. The predicted octanol–water partition coefficient (Wildman–Crippen LogP) is -2.52. The molecule has 0 aromatic heterocycles. The van der Waals surface area contributed by atoms with Gasteiger partial charge in [-0.2, -0.15) is 0 Å². The minimum atomic E-state index is -5.17. The van der Waals surface area contributed by atoms with E-state index in [4.69, 9.17) is 9.79 Å². The zero-order chi connectivity index (χ0) is 12.1. The lowest BCUT2D eigenvalue weighted by Crippen LogP contribution is -2.61. The smallest absolute Gasteiger partial charge is 0.383 e. The van der Waals surface area contributed by atoms with Gasteiger partial charge in [0.2, 0.25) is 12.8 Å². The highest BCUT2D eigenvalue weighted by atomic mass is 31.2. The van der Waals surface area contributed by atoms with Crippen LogP contribution in [0.4, 0.5) is 0 Å². The zero-order valence-electron chi connectivity index (χ0n) is 7.54. The molecule has 0 spiro atoms. The lowest BCUT2D eigenvalue weighted by molar-refractivity contribution is -0.148. The molecule has 0 aromatic carbocycles. The van der Waals surface area contributed by atoms with Gasteiger partial charge in [-0.25, -0.2) is 4.79 Å². The maximum absolute atomic E-state index is 11.1. The maximum Gasteiger partial charge on any atom is 0.383 e. The van der Waals surface area contributed by atoms with Crippen LogP contribution in [-0.4, -0.2) is 41.1 Å². The third-order valence-electron chi connectivity index (χ3n) is 1.45. The van der Waals surface area contributed by atoms with Crippen LogP contribution in [0.3, 0.4) is 0 Å². The van der Waals surface area contributed by atoms with E-state index in [1.165, 1.54) is 10.6 Å². The normalized spacial score (nSPS) is 11.4. The van der Waals surface area contributed by atoms with Crippen molar-refractivity contribution in [3.63, 3.8) is 0 Å². The summed E-state index contributed by atoms with van der Waals surface area (Å²) in [6.45, 7) is 0. The Morgan fingerprint density at radius 3 is 1.93 bits per heavy atom. The number of nitrogens with one attached hydrogen (secondary N) is 2. The summed E-state index contributed by atoms with van der Waals surface area (Å²) in [5.74, 6) is -1.49. The number of carbonyl (C=O) groups is 3. The zero-order valence-corrected chi connectivity index (χ0v) is 8.43. The van der Waals surface area contributed by atoms with Gasteiger partial charge in [0, 0.05) is 0 Å².